The van der Waals surface area contributed by atoms with Crippen molar-refractivity contribution >= 4 is 5.69 Å². The fourth-order valence-electron chi connectivity index (χ4n) is 1.46. The van der Waals surface area contributed by atoms with Crippen LogP contribution in [0.5, 0.6) is 11.6 Å². The van der Waals surface area contributed by atoms with Gasteiger partial charge in [0.1, 0.15) is 5.75 Å². The Kier molecular flexibility index (Phi) is 2.64. The number of aromatic hydroxyl groups is 1. The Labute approximate surface area is 93.3 Å². The largest absolute Gasteiger partial charge is 0.507 e. The van der Waals surface area contributed by atoms with E-state index in [-0.39, 0.29) is 5.75 Å². The molecule has 0 fully saturated rings. The van der Waals surface area contributed by atoms with Crippen molar-refractivity contribution in [1.82, 2.24) is 4.98 Å². The summed E-state index contributed by atoms with van der Waals surface area (Å²) in [6.07, 6.45) is 0. The lowest BCUT2D eigenvalue weighted by Crippen LogP contribution is -1.94. The van der Waals surface area contributed by atoms with Gasteiger partial charge in [-0.05, 0) is 18.2 Å². The SMILES string of the molecule is COc1cc(N)cc(-c2ccccc2O)n1. The number of methoxy groups -OCH3 is 1. The molecule has 1 aromatic carbocycles. The van der Waals surface area contributed by atoms with Crippen molar-refractivity contribution in [2.75, 3.05) is 12.8 Å². The van der Waals surface area contributed by atoms with Crippen molar-refractivity contribution in [1.29, 1.82) is 0 Å². The van der Waals surface area contributed by atoms with Crippen molar-refractivity contribution < 1.29 is 9.84 Å². The molecule has 16 heavy (non-hydrogen) atoms. The molecule has 0 bridgehead atoms. The number of pyridine rings is 1. The van der Waals surface area contributed by atoms with Crippen LogP contribution in [-0.4, -0.2) is 17.2 Å². The van der Waals surface area contributed by atoms with E-state index >= 15 is 0 Å². The molecule has 2 aromatic rings. The van der Waals surface area contributed by atoms with Crippen LogP contribution in [0.25, 0.3) is 11.3 Å². The summed E-state index contributed by atoms with van der Waals surface area (Å²) in [5.74, 6) is 0.598. The molecular weight excluding hydrogens is 204 g/mol. The van der Waals surface area contributed by atoms with Gasteiger partial charge >= 0.3 is 0 Å². The van der Waals surface area contributed by atoms with E-state index in [0.29, 0.717) is 22.8 Å². The molecule has 0 unspecified atom stereocenters. The maximum atomic E-state index is 9.70. The lowest BCUT2D eigenvalue weighted by molar-refractivity contribution is 0.398. The molecule has 0 amide bonds. The van der Waals surface area contributed by atoms with Crippen molar-refractivity contribution in [3.8, 4) is 22.9 Å². The lowest BCUT2D eigenvalue weighted by Gasteiger charge is -2.07. The highest BCUT2D eigenvalue weighted by molar-refractivity contribution is 5.69. The Hall–Kier alpha value is -2.23. The van der Waals surface area contributed by atoms with E-state index in [9.17, 15) is 5.11 Å². The summed E-state index contributed by atoms with van der Waals surface area (Å²) in [4.78, 5) is 4.22. The van der Waals surface area contributed by atoms with Gasteiger partial charge in [-0.25, -0.2) is 4.98 Å². The van der Waals surface area contributed by atoms with Gasteiger partial charge in [-0.1, -0.05) is 12.1 Å². The molecule has 0 aliphatic heterocycles. The van der Waals surface area contributed by atoms with Crippen molar-refractivity contribution in [2.45, 2.75) is 0 Å². The predicted octanol–water partition coefficient (Wildman–Crippen LogP) is 2.05. The zero-order valence-corrected chi connectivity index (χ0v) is 8.84. The maximum Gasteiger partial charge on any atom is 0.215 e. The van der Waals surface area contributed by atoms with E-state index in [1.807, 2.05) is 6.07 Å². The summed E-state index contributed by atoms with van der Waals surface area (Å²) in [5.41, 5.74) is 7.49. The van der Waals surface area contributed by atoms with Crippen LogP contribution in [0.3, 0.4) is 0 Å². The summed E-state index contributed by atoms with van der Waals surface area (Å²) in [7, 11) is 1.52. The Morgan fingerprint density at radius 1 is 1.25 bits per heavy atom. The second-order valence-electron chi connectivity index (χ2n) is 3.35. The average Bonchev–Trinajstić information content (AvgIpc) is 2.28. The van der Waals surface area contributed by atoms with E-state index in [4.69, 9.17) is 10.5 Å². The fraction of sp³-hybridized carbons (Fsp3) is 0.0833. The quantitative estimate of drug-likeness (QED) is 0.806. The number of benzene rings is 1. The van der Waals surface area contributed by atoms with Crippen LogP contribution in [0.4, 0.5) is 5.69 Å². The topological polar surface area (TPSA) is 68.4 Å². The first-order valence-corrected chi connectivity index (χ1v) is 4.80. The number of nitrogens with zero attached hydrogens (tertiary/aromatic N) is 1. The Morgan fingerprint density at radius 2 is 2.00 bits per heavy atom. The highest BCUT2D eigenvalue weighted by Gasteiger charge is 2.07. The summed E-state index contributed by atoms with van der Waals surface area (Å²) in [6.45, 7) is 0. The molecule has 0 spiro atoms. The second-order valence-corrected chi connectivity index (χ2v) is 3.35. The number of rotatable bonds is 2. The summed E-state index contributed by atoms with van der Waals surface area (Å²) in [5, 5.41) is 9.70. The minimum Gasteiger partial charge on any atom is -0.507 e. The Morgan fingerprint density at radius 3 is 2.69 bits per heavy atom. The van der Waals surface area contributed by atoms with Gasteiger partial charge in [0.15, 0.2) is 0 Å². The Balaban J connectivity index is 2.56. The molecule has 2 rings (SSSR count). The zero-order valence-electron chi connectivity index (χ0n) is 8.84. The number of nitrogens with two attached hydrogens (primary N) is 1. The fourth-order valence-corrected chi connectivity index (χ4v) is 1.46. The van der Waals surface area contributed by atoms with Crippen LogP contribution < -0.4 is 10.5 Å². The number of hydrogen-bond acceptors (Lipinski definition) is 4. The molecule has 0 saturated carbocycles. The second kappa shape index (κ2) is 4.10. The van der Waals surface area contributed by atoms with Gasteiger partial charge < -0.3 is 15.6 Å². The normalized spacial score (nSPS) is 10.1. The summed E-state index contributed by atoms with van der Waals surface area (Å²) < 4.78 is 5.02. The van der Waals surface area contributed by atoms with Crippen LogP contribution in [-0.2, 0) is 0 Å². The minimum absolute atomic E-state index is 0.169. The average molecular weight is 216 g/mol. The maximum absolute atomic E-state index is 9.70. The van der Waals surface area contributed by atoms with Crippen molar-refractivity contribution in [2.24, 2.45) is 0 Å². The smallest absolute Gasteiger partial charge is 0.215 e. The van der Waals surface area contributed by atoms with Gasteiger partial charge in [0.2, 0.25) is 5.88 Å². The predicted molar refractivity (Wildman–Crippen MR) is 62.3 cm³/mol. The molecule has 3 N–H and O–H groups in total. The van der Waals surface area contributed by atoms with Gasteiger partial charge in [-0.3, -0.25) is 0 Å². The molecular formula is C12H12N2O2. The third-order valence-electron chi connectivity index (χ3n) is 2.21. The highest BCUT2D eigenvalue weighted by Crippen LogP contribution is 2.29. The van der Waals surface area contributed by atoms with E-state index in [1.54, 1.807) is 30.3 Å². The van der Waals surface area contributed by atoms with Crippen LogP contribution in [0.2, 0.25) is 0 Å². The van der Waals surface area contributed by atoms with E-state index < -0.39 is 0 Å². The number of ether oxygens (including phenoxy) is 1. The number of para-hydroxylation sites is 1. The van der Waals surface area contributed by atoms with Crippen LogP contribution in [0, 0.1) is 0 Å². The molecule has 4 nitrogen and oxygen atoms in total. The number of aromatic nitrogens is 1. The minimum atomic E-state index is 0.169. The number of anilines is 1. The third-order valence-corrected chi connectivity index (χ3v) is 2.21. The van der Waals surface area contributed by atoms with Crippen LogP contribution in [0.15, 0.2) is 36.4 Å². The number of hydrogen-bond donors (Lipinski definition) is 2. The molecule has 4 heteroatoms. The molecule has 1 aromatic heterocycles. The third kappa shape index (κ3) is 1.91. The van der Waals surface area contributed by atoms with Crippen LogP contribution in [0.1, 0.15) is 0 Å². The summed E-state index contributed by atoms with van der Waals surface area (Å²) in [6, 6.07) is 10.3. The van der Waals surface area contributed by atoms with Gasteiger partial charge in [0.25, 0.3) is 0 Å². The number of phenolic OH excluding ortho intramolecular Hbond substituents is 1. The van der Waals surface area contributed by atoms with E-state index in [2.05, 4.69) is 4.98 Å². The van der Waals surface area contributed by atoms with Crippen molar-refractivity contribution in [3.05, 3.63) is 36.4 Å². The zero-order chi connectivity index (χ0) is 11.5. The number of phenols is 1. The molecule has 82 valence electrons. The first-order valence-electron chi connectivity index (χ1n) is 4.80. The molecule has 0 saturated heterocycles. The lowest BCUT2D eigenvalue weighted by atomic mass is 10.1. The monoisotopic (exact) mass is 216 g/mol. The standard InChI is InChI=1S/C12H12N2O2/c1-16-12-7-8(13)6-10(14-12)9-4-2-3-5-11(9)15/h2-7,15H,1H3,(H2,13,14). The number of nitrogen functional groups attached to an aromatic ring is 1. The van der Waals surface area contributed by atoms with E-state index in [1.165, 1.54) is 7.11 Å². The molecule has 0 atom stereocenters. The molecule has 0 aliphatic rings. The van der Waals surface area contributed by atoms with Gasteiger partial charge in [0, 0.05) is 17.3 Å². The molecule has 0 aliphatic carbocycles. The van der Waals surface area contributed by atoms with Gasteiger partial charge in [-0.15, -0.1) is 0 Å². The summed E-state index contributed by atoms with van der Waals surface area (Å²) >= 11 is 0. The van der Waals surface area contributed by atoms with Crippen molar-refractivity contribution in [3.63, 3.8) is 0 Å². The molecule has 0 radical (unpaired) electrons. The van der Waals surface area contributed by atoms with Gasteiger partial charge in [-0.2, -0.15) is 0 Å². The first-order chi connectivity index (χ1) is 7.70. The highest BCUT2D eigenvalue weighted by atomic mass is 16.5. The Bertz CT molecular complexity index is 512. The van der Waals surface area contributed by atoms with Crippen LogP contribution >= 0.6 is 0 Å². The first kappa shape index (κ1) is 10.3. The van der Waals surface area contributed by atoms with Gasteiger partial charge in [0.05, 0.1) is 12.8 Å². The van der Waals surface area contributed by atoms with E-state index in [0.717, 1.165) is 0 Å². The molecule has 1 heterocycles.